The number of aromatic nitrogens is 2. The molecule has 0 radical (unpaired) electrons. The Morgan fingerprint density at radius 1 is 1.44 bits per heavy atom. The first-order valence-corrected chi connectivity index (χ1v) is 6.96. The molecule has 18 heavy (non-hydrogen) atoms. The van der Waals surface area contributed by atoms with Crippen molar-refractivity contribution in [3.63, 3.8) is 0 Å². The zero-order valence-electron chi connectivity index (χ0n) is 10.2. The van der Waals surface area contributed by atoms with Crippen LogP contribution >= 0.6 is 11.3 Å². The van der Waals surface area contributed by atoms with Crippen LogP contribution in [0.1, 0.15) is 12.2 Å². The molecular formula is C13H15N3OS. The molecule has 1 fully saturated rings. The Morgan fingerprint density at radius 3 is 3.11 bits per heavy atom. The third-order valence-corrected chi connectivity index (χ3v) is 3.78. The van der Waals surface area contributed by atoms with Gasteiger partial charge in [-0.3, -0.25) is 0 Å². The van der Waals surface area contributed by atoms with Crippen molar-refractivity contribution in [3.8, 4) is 16.5 Å². The van der Waals surface area contributed by atoms with E-state index in [1.165, 1.54) is 0 Å². The van der Waals surface area contributed by atoms with E-state index in [4.69, 9.17) is 4.74 Å². The summed E-state index contributed by atoms with van der Waals surface area (Å²) < 4.78 is 5.89. The molecule has 3 heterocycles. The van der Waals surface area contributed by atoms with E-state index in [-0.39, 0.29) is 6.10 Å². The van der Waals surface area contributed by atoms with Crippen molar-refractivity contribution in [3.05, 3.63) is 29.4 Å². The van der Waals surface area contributed by atoms with Gasteiger partial charge in [0.15, 0.2) is 0 Å². The lowest BCUT2D eigenvalue weighted by molar-refractivity contribution is 0.213. The summed E-state index contributed by atoms with van der Waals surface area (Å²) in [6.07, 6.45) is 1.27. The van der Waals surface area contributed by atoms with Crippen molar-refractivity contribution >= 4 is 11.3 Å². The summed E-state index contributed by atoms with van der Waals surface area (Å²) in [5, 5.41) is 5.33. The fourth-order valence-corrected chi connectivity index (χ4v) is 2.74. The van der Waals surface area contributed by atoms with E-state index in [9.17, 15) is 0 Å². The highest BCUT2D eigenvalue weighted by Crippen LogP contribution is 2.25. The molecule has 0 spiro atoms. The first-order valence-electron chi connectivity index (χ1n) is 6.08. The molecule has 0 aliphatic carbocycles. The second-order valence-corrected chi connectivity index (χ2v) is 5.30. The predicted octanol–water partition coefficient (Wildman–Crippen LogP) is 2.25. The number of thiophene rings is 1. The Hall–Kier alpha value is -1.46. The minimum Gasteiger partial charge on any atom is -0.473 e. The van der Waals surface area contributed by atoms with E-state index in [1.807, 2.05) is 24.4 Å². The van der Waals surface area contributed by atoms with Crippen LogP contribution in [0.25, 0.3) is 10.6 Å². The molecule has 0 saturated carbocycles. The monoisotopic (exact) mass is 261 g/mol. The molecule has 5 heteroatoms. The molecule has 2 aromatic rings. The molecule has 1 N–H and O–H groups in total. The van der Waals surface area contributed by atoms with Crippen LogP contribution in [0, 0.1) is 6.92 Å². The molecular weight excluding hydrogens is 246 g/mol. The molecule has 3 rings (SSSR count). The minimum atomic E-state index is 0.232. The number of hydrogen-bond donors (Lipinski definition) is 1. The van der Waals surface area contributed by atoms with E-state index in [0.717, 1.165) is 35.9 Å². The van der Waals surface area contributed by atoms with Crippen molar-refractivity contribution in [2.45, 2.75) is 19.4 Å². The first kappa shape index (κ1) is 11.6. The van der Waals surface area contributed by atoms with Crippen molar-refractivity contribution in [2.24, 2.45) is 0 Å². The minimum absolute atomic E-state index is 0.232. The first-order chi connectivity index (χ1) is 8.81. The van der Waals surface area contributed by atoms with Crippen molar-refractivity contribution in [1.29, 1.82) is 0 Å². The van der Waals surface area contributed by atoms with Gasteiger partial charge in [-0.05, 0) is 31.3 Å². The van der Waals surface area contributed by atoms with E-state index >= 15 is 0 Å². The van der Waals surface area contributed by atoms with Gasteiger partial charge >= 0.3 is 0 Å². The molecule has 94 valence electrons. The van der Waals surface area contributed by atoms with E-state index in [2.05, 4.69) is 21.4 Å². The Labute approximate surface area is 110 Å². The third kappa shape index (κ3) is 2.52. The standard InChI is InChI=1S/C13H15N3OS/c1-9-15-11(12-3-2-6-18-12)7-13(16-9)17-10-4-5-14-8-10/h2-3,6-7,10,14H,4-5,8H2,1H3. The summed E-state index contributed by atoms with van der Waals surface area (Å²) >= 11 is 1.68. The molecule has 1 aliphatic heterocycles. The summed E-state index contributed by atoms with van der Waals surface area (Å²) in [6, 6.07) is 6.02. The maximum absolute atomic E-state index is 5.89. The van der Waals surface area contributed by atoms with Gasteiger partial charge in [0.2, 0.25) is 5.88 Å². The lowest BCUT2D eigenvalue weighted by atomic mass is 10.3. The molecule has 1 unspecified atom stereocenters. The topological polar surface area (TPSA) is 47.0 Å². The quantitative estimate of drug-likeness (QED) is 0.920. The number of ether oxygens (including phenoxy) is 1. The highest BCUT2D eigenvalue weighted by atomic mass is 32.1. The summed E-state index contributed by atoms with van der Waals surface area (Å²) in [5.41, 5.74) is 0.943. The lowest BCUT2D eigenvalue weighted by Gasteiger charge is -2.12. The molecule has 2 aromatic heterocycles. The van der Waals surface area contributed by atoms with Gasteiger partial charge in [0.1, 0.15) is 11.9 Å². The fraction of sp³-hybridized carbons (Fsp3) is 0.385. The largest absolute Gasteiger partial charge is 0.473 e. The number of rotatable bonds is 3. The van der Waals surface area contributed by atoms with Crippen LogP contribution in [0.4, 0.5) is 0 Å². The van der Waals surface area contributed by atoms with Gasteiger partial charge in [-0.1, -0.05) is 6.07 Å². The molecule has 4 nitrogen and oxygen atoms in total. The summed E-state index contributed by atoms with van der Waals surface area (Å²) in [4.78, 5) is 9.95. The molecule has 0 bridgehead atoms. The Balaban J connectivity index is 1.86. The Bertz CT molecular complexity index is 521. The zero-order valence-corrected chi connectivity index (χ0v) is 11.0. The van der Waals surface area contributed by atoms with E-state index in [1.54, 1.807) is 11.3 Å². The molecule has 1 saturated heterocycles. The second kappa shape index (κ2) is 5.04. The summed E-state index contributed by atoms with van der Waals surface area (Å²) in [7, 11) is 0. The average Bonchev–Trinajstić information content (AvgIpc) is 3.00. The van der Waals surface area contributed by atoms with Crippen molar-refractivity contribution < 1.29 is 4.74 Å². The van der Waals surface area contributed by atoms with Gasteiger partial charge in [-0.25, -0.2) is 4.98 Å². The highest BCUT2D eigenvalue weighted by Gasteiger charge is 2.17. The van der Waals surface area contributed by atoms with Crippen molar-refractivity contribution in [2.75, 3.05) is 13.1 Å². The van der Waals surface area contributed by atoms with Gasteiger partial charge in [-0.15, -0.1) is 11.3 Å². The number of nitrogens with one attached hydrogen (secondary N) is 1. The average molecular weight is 261 g/mol. The number of nitrogens with zero attached hydrogens (tertiary/aromatic N) is 2. The summed E-state index contributed by atoms with van der Waals surface area (Å²) in [5.74, 6) is 1.43. The normalized spacial score (nSPS) is 19.1. The maximum atomic E-state index is 5.89. The van der Waals surface area contributed by atoms with Crippen LogP contribution in [-0.2, 0) is 0 Å². The number of aryl methyl sites for hydroxylation is 1. The molecule has 1 aliphatic rings. The van der Waals surface area contributed by atoms with Gasteiger partial charge in [0.25, 0.3) is 0 Å². The fourth-order valence-electron chi connectivity index (χ4n) is 2.05. The van der Waals surface area contributed by atoms with Crippen molar-refractivity contribution in [1.82, 2.24) is 15.3 Å². The van der Waals surface area contributed by atoms with Crippen LogP contribution in [0.3, 0.4) is 0 Å². The third-order valence-electron chi connectivity index (χ3n) is 2.89. The van der Waals surface area contributed by atoms with Crippen LogP contribution in [-0.4, -0.2) is 29.2 Å². The van der Waals surface area contributed by atoms with Crippen LogP contribution < -0.4 is 10.1 Å². The van der Waals surface area contributed by atoms with Gasteiger partial charge in [-0.2, -0.15) is 4.98 Å². The second-order valence-electron chi connectivity index (χ2n) is 4.35. The maximum Gasteiger partial charge on any atom is 0.217 e. The highest BCUT2D eigenvalue weighted by molar-refractivity contribution is 7.13. The molecule has 0 aromatic carbocycles. The predicted molar refractivity (Wildman–Crippen MR) is 72.0 cm³/mol. The van der Waals surface area contributed by atoms with Gasteiger partial charge < -0.3 is 10.1 Å². The molecule has 1 atom stereocenters. The molecule has 0 amide bonds. The number of hydrogen-bond acceptors (Lipinski definition) is 5. The van der Waals surface area contributed by atoms with Crippen LogP contribution in [0.15, 0.2) is 23.6 Å². The zero-order chi connectivity index (χ0) is 12.4. The van der Waals surface area contributed by atoms with E-state index in [0.29, 0.717) is 5.88 Å². The Kier molecular flexibility index (Phi) is 3.25. The lowest BCUT2D eigenvalue weighted by Crippen LogP contribution is -2.20. The smallest absolute Gasteiger partial charge is 0.217 e. The van der Waals surface area contributed by atoms with Gasteiger partial charge in [0.05, 0.1) is 10.6 Å². The SMILES string of the molecule is Cc1nc(OC2CCNC2)cc(-c2cccs2)n1. The van der Waals surface area contributed by atoms with Gasteiger partial charge in [0, 0.05) is 12.6 Å². The van der Waals surface area contributed by atoms with E-state index < -0.39 is 0 Å². The van der Waals surface area contributed by atoms with Crippen LogP contribution in [0.5, 0.6) is 5.88 Å². The Morgan fingerprint density at radius 2 is 2.39 bits per heavy atom. The summed E-state index contributed by atoms with van der Waals surface area (Å²) in [6.45, 7) is 3.82. The van der Waals surface area contributed by atoms with Crippen LogP contribution in [0.2, 0.25) is 0 Å².